The van der Waals surface area contributed by atoms with Crippen LogP contribution < -0.4 is 9.47 Å². The molecular weight excluding hydrogens is 404 g/mol. The quantitative estimate of drug-likeness (QED) is 0.373. The van der Waals surface area contributed by atoms with Crippen molar-refractivity contribution >= 4 is 16.9 Å². The van der Waals surface area contributed by atoms with Crippen LogP contribution in [-0.2, 0) is 13.1 Å². The summed E-state index contributed by atoms with van der Waals surface area (Å²) in [5.74, 6) is 2.30. The van der Waals surface area contributed by atoms with Gasteiger partial charge in [-0.25, -0.2) is 4.98 Å². The van der Waals surface area contributed by atoms with Gasteiger partial charge in [-0.05, 0) is 42.8 Å². The minimum Gasteiger partial charge on any atom is -0.497 e. The first-order chi connectivity index (χ1) is 15.7. The molecule has 4 aromatic rings. The summed E-state index contributed by atoms with van der Waals surface area (Å²) in [5.41, 5.74) is 2.52. The van der Waals surface area contributed by atoms with Crippen molar-refractivity contribution in [2.45, 2.75) is 19.5 Å². The normalized spacial score (nSPS) is 10.8. The molecule has 2 aromatic heterocycles. The molecule has 7 heteroatoms. The largest absolute Gasteiger partial charge is 0.497 e. The number of pyridine rings is 1. The van der Waals surface area contributed by atoms with Crippen LogP contribution in [0.2, 0.25) is 0 Å². The van der Waals surface area contributed by atoms with Gasteiger partial charge in [0.25, 0.3) is 5.91 Å². The number of hydrogen-bond donors (Lipinski definition) is 0. The molecule has 4 rings (SSSR count). The predicted octanol–water partition coefficient (Wildman–Crippen LogP) is 4.18. The van der Waals surface area contributed by atoms with E-state index in [1.807, 2.05) is 42.5 Å². The summed E-state index contributed by atoms with van der Waals surface area (Å²) in [6.07, 6.45) is 4.03. The lowest BCUT2D eigenvalue weighted by atomic mass is 10.2. The monoisotopic (exact) mass is 430 g/mol. The number of amides is 1. The molecule has 1 amide bonds. The topological polar surface area (TPSA) is 69.5 Å². The summed E-state index contributed by atoms with van der Waals surface area (Å²) in [7, 11) is 3.42. The molecule has 7 nitrogen and oxygen atoms in total. The fraction of sp³-hybridized carbons (Fsp3) is 0.240. The van der Waals surface area contributed by atoms with Crippen molar-refractivity contribution in [1.29, 1.82) is 0 Å². The standard InChI is InChI=1S/C25H26N4O3/c1-28(25(30)19-8-6-13-26-17-19)18-24-27-22-11-3-4-12-23(22)29(24)14-7-15-32-21-10-5-9-20(16-21)31-2/h3-6,8-13,16-17H,7,14-15,18H2,1-2H3. The number of methoxy groups -OCH3 is 1. The number of carbonyl (C=O) groups is 1. The number of fused-ring (bicyclic) bond motifs is 1. The van der Waals surface area contributed by atoms with Gasteiger partial charge in [0.15, 0.2) is 0 Å². The highest BCUT2D eigenvalue weighted by Gasteiger charge is 2.17. The van der Waals surface area contributed by atoms with Gasteiger partial charge in [0.1, 0.15) is 17.3 Å². The van der Waals surface area contributed by atoms with Crippen LogP contribution in [0.1, 0.15) is 22.6 Å². The molecule has 0 saturated heterocycles. The number of rotatable bonds is 9. The lowest BCUT2D eigenvalue weighted by Crippen LogP contribution is -2.28. The molecule has 0 aliphatic heterocycles. The Hall–Kier alpha value is -3.87. The second kappa shape index (κ2) is 9.96. The van der Waals surface area contributed by atoms with E-state index in [0.29, 0.717) is 18.7 Å². The average Bonchev–Trinajstić information content (AvgIpc) is 3.18. The van der Waals surface area contributed by atoms with Gasteiger partial charge < -0.3 is 18.9 Å². The first-order valence-electron chi connectivity index (χ1n) is 10.5. The van der Waals surface area contributed by atoms with Crippen molar-refractivity contribution in [1.82, 2.24) is 19.4 Å². The highest BCUT2D eigenvalue weighted by molar-refractivity contribution is 5.93. The second-order valence-corrected chi connectivity index (χ2v) is 7.45. The molecule has 0 aliphatic rings. The van der Waals surface area contributed by atoms with Crippen molar-refractivity contribution in [3.8, 4) is 11.5 Å². The van der Waals surface area contributed by atoms with Crippen molar-refractivity contribution in [3.05, 3.63) is 84.4 Å². The zero-order valence-corrected chi connectivity index (χ0v) is 18.3. The van der Waals surface area contributed by atoms with E-state index in [0.717, 1.165) is 41.3 Å². The summed E-state index contributed by atoms with van der Waals surface area (Å²) in [4.78, 5) is 23.3. The number of imidazole rings is 1. The van der Waals surface area contributed by atoms with E-state index in [1.165, 1.54) is 0 Å². The van der Waals surface area contributed by atoms with E-state index in [4.69, 9.17) is 14.5 Å². The summed E-state index contributed by atoms with van der Waals surface area (Å²) in [5, 5.41) is 0. The molecule has 0 aliphatic carbocycles. The van der Waals surface area contributed by atoms with Crippen LogP contribution >= 0.6 is 0 Å². The molecule has 2 aromatic carbocycles. The number of nitrogens with zero attached hydrogens (tertiary/aromatic N) is 4. The van der Waals surface area contributed by atoms with Gasteiger partial charge in [-0.1, -0.05) is 18.2 Å². The summed E-state index contributed by atoms with van der Waals surface area (Å²) >= 11 is 0. The van der Waals surface area contributed by atoms with Crippen molar-refractivity contribution in [3.63, 3.8) is 0 Å². The lowest BCUT2D eigenvalue weighted by molar-refractivity contribution is 0.0779. The van der Waals surface area contributed by atoms with Gasteiger partial charge in [-0.3, -0.25) is 9.78 Å². The molecular formula is C25H26N4O3. The van der Waals surface area contributed by atoms with Crippen LogP contribution in [-0.4, -0.2) is 46.1 Å². The lowest BCUT2D eigenvalue weighted by Gasteiger charge is -2.18. The molecule has 0 fully saturated rings. The van der Waals surface area contributed by atoms with Gasteiger partial charge in [0.2, 0.25) is 0 Å². The number of benzene rings is 2. The van der Waals surface area contributed by atoms with Crippen molar-refractivity contribution in [2.24, 2.45) is 0 Å². The average molecular weight is 431 g/mol. The highest BCUT2D eigenvalue weighted by Crippen LogP contribution is 2.20. The van der Waals surface area contributed by atoms with E-state index in [9.17, 15) is 4.79 Å². The second-order valence-electron chi connectivity index (χ2n) is 7.45. The Kier molecular flexibility index (Phi) is 6.65. The third-order valence-electron chi connectivity index (χ3n) is 5.20. The van der Waals surface area contributed by atoms with Gasteiger partial charge in [-0.2, -0.15) is 0 Å². The molecule has 0 bridgehead atoms. The number of ether oxygens (including phenoxy) is 2. The molecule has 0 saturated carbocycles. The number of para-hydroxylation sites is 2. The molecule has 0 unspecified atom stereocenters. The van der Waals surface area contributed by atoms with Crippen LogP contribution in [0.3, 0.4) is 0 Å². The number of aromatic nitrogens is 3. The smallest absolute Gasteiger partial charge is 0.255 e. The van der Waals surface area contributed by atoms with E-state index >= 15 is 0 Å². The van der Waals surface area contributed by atoms with Crippen LogP contribution in [0.25, 0.3) is 11.0 Å². The fourth-order valence-electron chi connectivity index (χ4n) is 3.59. The van der Waals surface area contributed by atoms with Gasteiger partial charge in [-0.15, -0.1) is 0 Å². The Labute approximate surface area is 187 Å². The van der Waals surface area contributed by atoms with E-state index in [1.54, 1.807) is 43.6 Å². The van der Waals surface area contributed by atoms with E-state index in [2.05, 4.69) is 15.6 Å². The maximum absolute atomic E-state index is 12.8. The molecule has 164 valence electrons. The van der Waals surface area contributed by atoms with Crippen molar-refractivity contribution in [2.75, 3.05) is 20.8 Å². The molecule has 0 atom stereocenters. The van der Waals surface area contributed by atoms with E-state index < -0.39 is 0 Å². The SMILES string of the molecule is COc1cccc(OCCCn2c(CN(C)C(=O)c3cccnc3)nc3ccccc32)c1. The molecule has 32 heavy (non-hydrogen) atoms. The first-order valence-corrected chi connectivity index (χ1v) is 10.5. The van der Waals surface area contributed by atoms with Gasteiger partial charge in [0, 0.05) is 32.1 Å². The first kappa shape index (κ1) is 21.4. The summed E-state index contributed by atoms with van der Waals surface area (Å²) in [6.45, 7) is 1.69. The predicted molar refractivity (Wildman–Crippen MR) is 123 cm³/mol. The van der Waals surface area contributed by atoms with Crippen LogP contribution in [0.4, 0.5) is 0 Å². The van der Waals surface area contributed by atoms with Crippen LogP contribution in [0, 0.1) is 0 Å². The third kappa shape index (κ3) is 4.88. The number of hydrogen-bond acceptors (Lipinski definition) is 5. The maximum Gasteiger partial charge on any atom is 0.255 e. The zero-order chi connectivity index (χ0) is 22.3. The zero-order valence-electron chi connectivity index (χ0n) is 18.3. The van der Waals surface area contributed by atoms with E-state index in [-0.39, 0.29) is 5.91 Å². The Morgan fingerprint density at radius 2 is 1.91 bits per heavy atom. The molecule has 0 spiro atoms. The number of aryl methyl sites for hydroxylation is 1. The fourth-order valence-corrected chi connectivity index (χ4v) is 3.59. The summed E-state index contributed by atoms with van der Waals surface area (Å²) < 4.78 is 13.3. The maximum atomic E-state index is 12.8. The Balaban J connectivity index is 1.46. The molecule has 2 heterocycles. The molecule has 0 radical (unpaired) electrons. The highest BCUT2D eigenvalue weighted by atomic mass is 16.5. The van der Waals surface area contributed by atoms with Gasteiger partial charge >= 0.3 is 0 Å². The van der Waals surface area contributed by atoms with Crippen LogP contribution in [0.15, 0.2) is 73.1 Å². The minimum absolute atomic E-state index is 0.0851. The molecule has 0 N–H and O–H groups in total. The van der Waals surface area contributed by atoms with Crippen LogP contribution in [0.5, 0.6) is 11.5 Å². The van der Waals surface area contributed by atoms with Gasteiger partial charge in [0.05, 0.1) is 36.9 Å². The van der Waals surface area contributed by atoms with Crippen molar-refractivity contribution < 1.29 is 14.3 Å². The Bertz CT molecular complexity index is 1190. The number of carbonyl (C=O) groups excluding carboxylic acids is 1. The Morgan fingerprint density at radius 3 is 2.72 bits per heavy atom. The Morgan fingerprint density at radius 1 is 1.06 bits per heavy atom. The minimum atomic E-state index is -0.0851. The summed E-state index contributed by atoms with van der Waals surface area (Å²) in [6, 6.07) is 19.1. The third-order valence-corrected chi connectivity index (χ3v) is 5.20.